The van der Waals surface area contributed by atoms with Crippen LogP contribution in [0, 0.1) is 5.82 Å². The quantitative estimate of drug-likeness (QED) is 0.630. The van der Waals surface area contributed by atoms with Crippen LogP contribution in [-0.2, 0) is 4.79 Å². The summed E-state index contributed by atoms with van der Waals surface area (Å²) in [5.41, 5.74) is 0.213. The number of nitrogens with zero attached hydrogens (tertiary/aromatic N) is 1. The molecular formula is C17H10FNO4S2. The Kier molecular flexibility index (Phi) is 4.56. The number of thiocarbonyl (C=S) groups is 1. The van der Waals surface area contributed by atoms with Crippen molar-refractivity contribution in [1.29, 1.82) is 0 Å². The smallest absolute Gasteiger partial charge is 0.339 e. The van der Waals surface area contributed by atoms with E-state index in [1.54, 1.807) is 12.1 Å². The first kappa shape index (κ1) is 17.1. The third-order valence-electron chi connectivity index (χ3n) is 3.46. The van der Waals surface area contributed by atoms with E-state index >= 15 is 0 Å². The summed E-state index contributed by atoms with van der Waals surface area (Å²) >= 11 is 6.19. The van der Waals surface area contributed by atoms with Gasteiger partial charge in [0.1, 0.15) is 17.1 Å². The summed E-state index contributed by atoms with van der Waals surface area (Å²) in [7, 11) is 0. The van der Waals surface area contributed by atoms with Gasteiger partial charge in [-0.2, -0.15) is 0 Å². The Labute approximate surface area is 151 Å². The molecule has 1 amide bonds. The lowest BCUT2D eigenvalue weighted by molar-refractivity contribution is -0.113. The molecule has 0 aliphatic carbocycles. The van der Waals surface area contributed by atoms with Gasteiger partial charge in [0.15, 0.2) is 4.32 Å². The second-order valence-corrected chi connectivity index (χ2v) is 6.72. The van der Waals surface area contributed by atoms with Crippen molar-refractivity contribution in [2.45, 2.75) is 0 Å². The van der Waals surface area contributed by atoms with E-state index in [1.807, 2.05) is 0 Å². The lowest BCUT2D eigenvalue weighted by Gasteiger charge is -2.15. The predicted octanol–water partition coefficient (Wildman–Crippen LogP) is 3.64. The van der Waals surface area contributed by atoms with Gasteiger partial charge in [-0.15, -0.1) is 0 Å². The zero-order chi connectivity index (χ0) is 18.1. The van der Waals surface area contributed by atoms with Crippen LogP contribution in [0.25, 0.3) is 6.08 Å². The Balaban J connectivity index is 1.96. The minimum Gasteiger partial charge on any atom is -0.507 e. The maximum absolute atomic E-state index is 13.8. The Hall–Kier alpha value is -2.71. The number of amides is 1. The van der Waals surface area contributed by atoms with Gasteiger partial charge in [-0.25, -0.2) is 9.18 Å². The molecular weight excluding hydrogens is 365 g/mol. The van der Waals surface area contributed by atoms with Crippen molar-refractivity contribution in [3.05, 3.63) is 64.3 Å². The van der Waals surface area contributed by atoms with Gasteiger partial charge in [0, 0.05) is 11.6 Å². The number of thioether (sulfide) groups is 1. The zero-order valence-electron chi connectivity index (χ0n) is 12.5. The monoisotopic (exact) mass is 375 g/mol. The fourth-order valence-corrected chi connectivity index (χ4v) is 3.55. The number of rotatable bonds is 3. The molecule has 0 unspecified atom stereocenters. The van der Waals surface area contributed by atoms with Crippen molar-refractivity contribution in [3.63, 3.8) is 0 Å². The van der Waals surface area contributed by atoms with Gasteiger partial charge >= 0.3 is 5.97 Å². The molecule has 5 nitrogen and oxygen atoms in total. The van der Waals surface area contributed by atoms with E-state index in [9.17, 15) is 19.1 Å². The number of halogens is 1. The summed E-state index contributed by atoms with van der Waals surface area (Å²) in [6.45, 7) is 0. The zero-order valence-corrected chi connectivity index (χ0v) is 14.1. The van der Waals surface area contributed by atoms with Crippen molar-refractivity contribution in [3.8, 4) is 5.75 Å². The van der Waals surface area contributed by atoms with Crippen LogP contribution in [0.3, 0.4) is 0 Å². The minimum atomic E-state index is -1.28. The third-order valence-corrected chi connectivity index (χ3v) is 4.76. The van der Waals surface area contributed by atoms with E-state index in [-0.39, 0.29) is 26.0 Å². The highest BCUT2D eigenvalue weighted by molar-refractivity contribution is 8.27. The molecule has 0 spiro atoms. The van der Waals surface area contributed by atoms with E-state index in [2.05, 4.69) is 0 Å². The largest absolute Gasteiger partial charge is 0.507 e. The van der Waals surface area contributed by atoms with Crippen LogP contribution in [0.5, 0.6) is 5.75 Å². The van der Waals surface area contributed by atoms with Gasteiger partial charge in [-0.1, -0.05) is 42.2 Å². The summed E-state index contributed by atoms with van der Waals surface area (Å²) in [5.74, 6) is -2.69. The maximum atomic E-state index is 13.8. The van der Waals surface area contributed by atoms with E-state index in [0.29, 0.717) is 0 Å². The predicted molar refractivity (Wildman–Crippen MR) is 97.1 cm³/mol. The van der Waals surface area contributed by atoms with Gasteiger partial charge in [-0.3, -0.25) is 9.69 Å². The van der Waals surface area contributed by atoms with Crippen LogP contribution >= 0.6 is 24.0 Å². The van der Waals surface area contributed by atoms with Gasteiger partial charge in [0.05, 0.1) is 10.6 Å². The van der Waals surface area contributed by atoms with Gasteiger partial charge in [0.25, 0.3) is 5.91 Å². The second-order valence-electron chi connectivity index (χ2n) is 5.05. The molecule has 1 saturated heterocycles. The number of anilines is 1. The molecule has 1 fully saturated rings. The van der Waals surface area contributed by atoms with Crippen molar-refractivity contribution in [2.24, 2.45) is 0 Å². The van der Waals surface area contributed by atoms with Crippen LogP contribution in [0.15, 0.2) is 47.4 Å². The first-order chi connectivity index (χ1) is 11.9. The highest BCUT2D eigenvalue weighted by Crippen LogP contribution is 2.37. The van der Waals surface area contributed by atoms with Gasteiger partial charge in [0.2, 0.25) is 0 Å². The second kappa shape index (κ2) is 6.66. The number of phenols is 1. The maximum Gasteiger partial charge on any atom is 0.339 e. The lowest BCUT2D eigenvalue weighted by Crippen LogP contribution is -2.27. The fourth-order valence-electron chi connectivity index (χ4n) is 2.26. The standard InChI is InChI=1S/C17H10FNO4S2/c18-12-4-2-1-3-9(12)7-14-15(21)19(17(24)25-14)10-5-6-11(16(22)23)13(20)8-10/h1-8,20H,(H,22,23)/b14-7-. The topological polar surface area (TPSA) is 77.8 Å². The summed E-state index contributed by atoms with van der Waals surface area (Å²) in [4.78, 5) is 24.9. The summed E-state index contributed by atoms with van der Waals surface area (Å²) < 4.78 is 14.0. The molecule has 0 saturated carbocycles. The van der Waals surface area contributed by atoms with Crippen LogP contribution in [0.2, 0.25) is 0 Å². The molecule has 2 N–H and O–H groups in total. The number of benzene rings is 2. The average molecular weight is 375 g/mol. The van der Waals surface area contributed by atoms with E-state index in [4.69, 9.17) is 17.3 Å². The summed E-state index contributed by atoms with van der Waals surface area (Å²) in [5, 5.41) is 18.7. The van der Waals surface area contributed by atoms with Gasteiger partial charge in [-0.05, 0) is 24.3 Å². The van der Waals surface area contributed by atoms with E-state index in [0.717, 1.165) is 22.7 Å². The van der Waals surface area contributed by atoms with Crippen molar-refractivity contribution < 1.29 is 24.2 Å². The Morgan fingerprint density at radius 2 is 1.96 bits per heavy atom. The molecule has 2 aromatic carbocycles. The van der Waals surface area contributed by atoms with Crippen LogP contribution in [-0.4, -0.2) is 26.4 Å². The minimum absolute atomic E-state index is 0.204. The number of carboxylic acids is 1. The first-order valence-corrected chi connectivity index (χ1v) is 8.20. The lowest BCUT2D eigenvalue weighted by atomic mass is 10.1. The molecule has 1 aliphatic rings. The van der Waals surface area contributed by atoms with Crippen molar-refractivity contribution in [1.82, 2.24) is 0 Å². The van der Waals surface area contributed by atoms with E-state index in [1.165, 1.54) is 30.3 Å². The molecule has 0 aromatic heterocycles. The molecule has 2 aromatic rings. The van der Waals surface area contributed by atoms with Crippen molar-refractivity contribution in [2.75, 3.05) is 4.90 Å². The Bertz CT molecular complexity index is 942. The molecule has 25 heavy (non-hydrogen) atoms. The summed E-state index contributed by atoms with van der Waals surface area (Å²) in [6.07, 6.45) is 1.40. The Morgan fingerprint density at radius 1 is 1.24 bits per heavy atom. The van der Waals surface area contributed by atoms with Crippen LogP contribution in [0.4, 0.5) is 10.1 Å². The summed E-state index contributed by atoms with van der Waals surface area (Å²) in [6, 6.07) is 9.74. The number of carbonyl (C=O) groups excluding carboxylic acids is 1. The molecule has 1 aliphatic heterocycles. The third kappa shape index (κ3) is 3.26. The van der Waals surface area contributed by atoms with Crippen molar-refractivity contribution >= 4 is 51.9 Å². The number of hydrogen-bond acceptors (Lipinski definition) is 5. The average Bonchev–Trinajstić information content (AvgIpc) is 2.83. The Morgan fingerprint density at radius 3 is 2.60 bits per heavy atom. The molecule has 126 valence electrons. The number of aromatic carboxylic acids is 1. The van der Waals surface area contributed by atoms with Crippen LogP contribution in [0.1, 0.15) is 15.9 Å². The molecule has 1 heterocycles. The molecule has 0 atom stereocenters. The number of aromatic hydroxyl groups is 1. The highest BCUT2D eigenvalue weighted by Gasteiger charge is 2.34. The SMILES string of the molecule is O=C(O)c1ccc(N2C(=O)/C(=C/c3ccccc3F)SC2=S)cc1O. The highest BCUT2D eigenvalue weighted by atomic mass is 32.2. The molecule has 3 rings (SSSR count). The molecule has 8 heteroatoms. The normalized spacial score (nSPS) is 15.9. The van der Waals surface area contributed by atoms with Gasteiger partial charge < -0.3 is 10.2 Å². The number of carbonyl (C=O) groups is 2. The fraction of sp³-hybridized carbons (Fsp3) is 0. The van der Waals surface area contributed by atoms with E-state index < -0.39 is 23.4 Å². The number of hydrogen-bond donors (Lipinski definition) is 2. The first-order valence-electron chi connectivity index (χ1n) is 6.97. The van der Waals surface area contributed by atoms with Crippen LogP contribution < -0.4 is 4.90 Å². The molecule has 0 bridgehead atoms. The molecule has 0 radical (unpaired) electrons. The number of carboxylic acid groups (broad SMARTS) is 1.